The fourth-order valence-electron chi connectivity index (χ4n) is 4.14. The Balaban J connectivity index is 1.53. The number of carbonyl (C=O) groups is 2. The van der Waals surface area contributed by atoms with Crippen LogP contribution in [0.5, 0.6) is 5.75 Å². The van der Waals surface area contributed by atoms with Crippen LogP contribution in [-0.2, 0) is 4.74 Å². The second-order valence-electron chi connectivity index (χ2n) is 7.63. The summed E-state index contributed by atoms with van der Waals surface area (Å²) in [6.07, 6.45) is 3.92. The molecule has 2 amide bonds. The molecule has 1 aromatic carbocycles. The summed E-state index contributed by atoms with van der Waals surface area (Å²) in [5.74, 6) is -0.225. The largest absolute Gasteiger partial charge is 0.487 e. The number of nitrogens with one attached hydrogen (secondary N) is 1. The molecule has 158 valence electrons. The summed E-state index contributed by atoms with van der Waals surface area (Å²) in [7, 11) is 0. The first-order valence-electron chi connectivity index (χ1n) is 10.1. The molecule has 0 saturated carbocycles. The summed E-state index contributed by atoms with van der Waals surface area (Å²) >= 11 is 0. The normalized spacial score (nSPS) is 19.5. The Bertz CT molecular complexity index is 943. The Kier molecular flexibility index (Phi) is 5.57. The zero-order chi connectivity index (χ0) is 21.1. The smallest absolute Gasteiger partial charge is 0.409 e. The highest BCUT2D eigenvalue weighted by Gasteiger charge is 2.44. The third-order valence-corrected chi connectivity index (χ3v) is 5.67. The predicted molar refractivity (Wildman–Crippen MR) is 107 cm³/mol. The van der Waals surface area contributed by atoms with Crippen molar-refractivity contribution in [3.63, 3.8) is 0 Å². The van der Waals surface area contributed by atoms with Crippen LogP contribution in [0.4, 0.5) is 9.18 Å². The molecule has 1 N–H and O–H groups in total. The molecule has 2 aromatic rings. The molecule has 1 fully saturated rings. The van der Waals surface area contributed by atoms with Gasteiger partial charge in [-0.05, 0) is 19.1 Å². The van der Waals surface area contributed by atoms with Gasteiger partial charge in [0.2, 0.25) is 0 Å². The van der Waals surface area contributed by atoms with E-state index in [0.29, 0.717) is 39.0 Å². The van der Waals surface area contributed by atoms with E-state index in [4.69, 9.17) is 9.47 Å². The molecule has 0 bridgehead atoms. The molecule has 2 aliphatic rings. The van der Waals surface area contributed by atoms with Gasteiger partial charge in [-0.3, -0.25) is 9.78 Å². The Morgan fingerprint density at radius 3 is 2.80 bits per heavy atom. The Morgan fingerprint density at radius 1 is 1.30 bits per heavy atom. The van der Waals surface area contributed by atoms with Crippen LogP contribution < -0.4 is 10.1 Å². The van der Waals surface area contributed by atoms with Gasteiger partial charge in [-0.15, -0.1) is 0 Å². The monoisotopic (exact) mass is 413 g/mol. The third-order valence-electron chi connectivity index (χ3n) is 5.67. The Morgan fingerprint density at radius 2 is 2.07 bits per heavy atom. The first-order valence-corrected chi connectivity index (χ1v) is 10.1. The average molecular weight is 413 g/mol. The molecule has 30 heavy (non-hydrogen) atoms. The van der Waals surface area contributed by atoms with E-state index in [1.54, 1.807) is 11.8 Å². The van der Waals surface area contributed by atoms with Crippen molar-refractivity contribution in [2.75, 3.05) is 19.7 Å². The van der Waals surface area contributed by atoms with Gasteiger partial charge in [-0.1, -0.05) is 18.2 Å². The lowest BCUT2D eigenvalue weighted by Crippen LogP contribution is -2.53. The van der Waals surface area contributed by atoms with Gasteiger partial charge in [-0.25, -0.2) is 9.18 Å². The van der Waals surface area contributed by atoms with E-state index in [-0.39, 0.29) is 23.6 Å². The maximum absolute atomic E-state index is 13.5. The van der Waals surface area contributed by atoms with Gasteiger partial charge in [0.15, 0.2) is 0 Å². The molecule has 1 unspecified atom stereocenters. The predicted octanol–water partition coefficient (Wildman–Crippen LogP) is 3.47. The second-order valence-corrected chi connectivity index (χ2v) is 7.63. The molecular weight excluding hydrogens is 389 g/mol. The molecule has 1 saturated heterocycles. The number of fused-ring (bicyclic) bond motifs is 1. The van der Waals surface area contributed by atoms with Crippen LogP contribution in [-0.4, -0.2) is 47.2 Å². The van der Waals surface area contributed by atoms with Gasteiger partial charge >= 0.3 is 6.09 Å². The zero-order valence-electron chi connectivity index (χ0n) is 16.8. The van der Waals surface area contributed by atoms with Crippen molar-refractivity contribution < 1.29 is 23.5 Å². The van der Waals surface area contributed by atoms with E-state index >= 15 is 0 Å². The lowest BCUT2D eigenvalue weighted by atomic mass is 9.80. The number of rotatable bonds is 3. The van der Waals surface area contributed by atoms with E-state index in [2.05, 4.69) is 10.3 Å². The highest BCUT2D eigenvalue weighted by Crippen LogP contribution is 2.44. The van der Waals surface area contributed by atoms with Crippen molar-refractivity contribution in [3.05, 3.63) is 59.7 Å². The van der Waals surface area contributed by atoms with E-state index in [1.165, 1.54) is 12.3 Å². The van der Waals surface area contributed by atoms with Crippen molar-refractivity contribution in [1.82, 2.24) is 15.2 Å². The van der Waals surface area contributed by atoms with Crippen molar-refractivity contribution >= 4 is 12.0 Å². The number of amides is 2. The fraction of sp³-hybridized carbons (Fsp3) is 0.409. The van der Waals surface area contributed by atoms with Crippen molar-refractivity contribution in [2.24, 2.45) is 0 Å². The number of nitrogens with zero attached hydrogens (tertiary/aromatic N) is 2. The number of para-hydroxylation sites is 1. The van der Waals surface area contributed by atoms with Gasteiger partial charge in [0.05, 0.1) is 24.4 Å². The minimum absolute atomic E-state index is 0.171. The lowest BCUT2D eigenvalue weighted by Gasteiger charge is -2.46. The van der Waals surface area contributed by atoms with E-state index in [9.17, 15) is 14.0 Å². The maximum atomic E-state index is 13.5. The molecule has 7 nitrogen and oxygen atoms in total. The van der Waals surface area contributed by atoms with Gasteiger partial charge < -0.3 is 19.7 Å². The molecule has 4 rings (SSSR count). The van der Waals surface area contributed by atoms with Crippen LogP contribution in [0.15, 0.2) is 42.7 Å². The second kappa shape index (κ2) is 8.30. The quantitative estimate of drug-likeness (QED) is 0.834. The third kappa shape index (κ3) is 4.08. The van der Waals surface area contributed by atoms with Gasteiger partial charge in [-0.2, -0.15) is 0 Å². The molecule has 1 atom stereocenters. The van der Waals surface area contributed by atoms with Gasteiger partial charge in [0.1, 0.15) is 17.2 Å². The zero-order valence-corrected chi connectivity index (χ0v) is 16.8. The highest BCUT2D eigenvalue weighted by molar-refractivity contribution is 5.94. The SMILES string of the molecule is CCOC(=O)N1CCC2(CC1)CC(NC(=O)c1cncc(F)c1)c1ccccc1O2. The van der Waals surface area contributed by atoms with Crippen LogP contribution in [0.2, 0.25) is 0 Å². The highest BCUT2D eigenvalue weighted by atomic mass is 19.1. The number of halogens is 1. The van der Waals surface area contributed by atoms with Crippen molar-refractivity contribution in [3.8, 4) is 5.75 Å². The first-order chi connectivity index (χ1) is 14.5. The summed E-state index contributed by atoms with van der Waals surface area (Å²) in [6, 6.07) is 8.47. The van der Waals surface area contributed by atoms with Gasteiger partial charge in [0.25, 0.3) is 5.91 Å². The van der Waals surface area contributed by atoms with Crippen LogP contribution in [0.3, 0.4) is 0 Å². The number of benzene rings is 1. The van der Waals surface area contributed by atoms with E-state index < -0.39 is 11.4 Å². The molecule has 0 radical (unpaired) electrons. The molecule has 3 heterocycles. The molecule has 0 aliphatic carbocycles. The number of pyridine rings is 1. The fourth-order valence-corrected chi connectivity index (χ4v) is 4.14. The van der Waals surface area contributed by atoms with E-state index in [0.717, 1.165) is 17.5 Å². The summed E-state index contributed by atoms with van der Waals surface area (Å²) in [5, 5.41) is 3.01. The van der Waals surface area contributed by atoms with E-state index in [1.807, 2.05) is 24.3 Å². The molecule has 1 spiro atoms. The van der Waals surface area contributed by atoms with Crippen LogP contribution in [0, 0.1) is 5.82 Å². The number of carbonyl (C=O) groups excluding carboxylic acids is 2. The first kappa shape index (κ1) is 20.1. The standard InChI is InChI=1S/C22H24FN3O4/c1-2-29-21(28)26-9-7-22(8-10-26)12-18(17-5-3-4-6-19(17)30-22)25-20(27)15-11-16(23)14-24-13-15/h3-6,11,13-14,18H,2,7-10,12H2,1H3,(H,25,27). The lowest BCUT2D eigenvalue weighted by molar-refractivity contribution is -0.0233. The van der Waals surface area contributed by atoms with Crippen molar-refractivity contribution in [1.29, 1.82) is 0 Å². The minimum atomic E-state index is -0.558. The maximum Gasteiger partial charge on any atom is 0.409 e. The topological polar surface area (TPSA) is 80.8 Å². The molecule has 2 aliphatic heterocycles. The summed E-state index contributed by atoms with van der Waals surface area (Å²) in [4.78, 5) is 30.2. The summed E-state index contributed by atoms with van der Waals surface area (Å²) in [6.45, 7) is 3.17. The Labute approximate surface area is 174 Å². The Hall–Kier alpha value is -3.16. The average Bonchev–Trinajstić information content (AvgIpc) is 2.74. The number of aromatic nitrogens is 1. The minimum Gasteiger partial charge on any atom is -0.487 e. The van der Waals surface area contributed by atoms with Gasteiger partial charge in [0, 0.05) is 44.1 Å². The molecule has 8 heteroatoms. The number of ether oxygens (including phenoxy) is 2. The van der Waals surface area contributed by atoms with Crippen molar-refractivity contribution in [2.45, 2.75) is 37.8 Å². The number of likely N-dealkylation sites (tertiary alicyclic amines) is 1. The number of piperidine rings is 1. The molecule has 1 aromatic heterocycles. The number of hydrogen-bond acceptors (Lipinski definition) is 5. The van der Waals surface area contributed by atoms with Crippen LogP contribution >= 0.6 is 0 Å². The summed E-state index contributed by atoms with van der Waals surface area (Å²) < 4.78 is 25.0. The number of hydrogen-bond donors (Lipinski definition) is 1. The summed E-state index contributed by atoms with van der Waals surface area (Å²) in [5.41, 5.74) is 0.564. The molecular formula is C22H24FN3O4. The van der Waals surface area contributed by atoms with Crippen LogP contribution in [0.1, 0.15) is 48.1 Å². The van der Waals surface area contributed by atoms with Crippen LogP contribution in [0.25, 0.3) is 0 Å².